The minimum Gasteiger partial charge on any atom is -0.342 e. The first-order chi connectivity index (χ1) is 11.5. The van der Waals surface area contributed by atoms with Crippen molar-refractivity contribution in [2.75, 3.05) is 13.1 Å². The van der Waals surface area contributed by atoms with Crippen LogP contribution in [0.25, 0.3) is 10.9 Å². The first kappa shape index (κ1) is 15.7. The highest BCUT2D eigenvalue weighted by Gasteiger charge is 2.34. The van der Waals surface area contributed by atoms with E-state index in [4.69, 9.17) is 5.26 Å². The Morgan fingerprint density at radius 3 is 2.83 bits per heavy atom. The SMILES string of the molecule is CC(C)(C)c1ccc2c(c1)c1c3n2CCN(CCC#N)[C@@H]3CCC1. The second-order valence-corrected chi connectivity index (χ2v) is 8.35. The molecule has 3 nitrogen and oxygen atoms in total. The molecule has 2 heterocycles. The lowest BCUT2D eigenvalue weighted by atomic mass is 9.85. The maximum absolute atomic E-state index is 8.96. The third-order valence-corrected chi connectivity index (χ3v) is 5.86. The van der Waals surface area contributed by atoms with Crippen molar-refractivity contribution in [2.45, 2.75) is 64.5 Å². The number of nitrogens with zero attached hydrogens (tertiary/aromatic N) is 3. The molecule has 0 bridgehead atoms. The van der Waals surface area contributed by atoms with Crippen LogP contribution >= 0.6 is 0 Å². The van der Waals surface area contributed by atoms with Crippen LogP contribution in [-0.2, 0) is 18.4 Å². The van der Waals surface area contributed by atoms with E-state index in [0.717, 1.165) is 19.6 Å². The third kappa shape index (κ3) is 2.36. The van der Waals surface area contributed by atoms with Gasteiger partial charge in [-0.1, -0.05) is 26.8 Å². The van der Waals surface area contributed by atoms with Crippen LogP contribution in [0.15, 0.2) is 18.2 Å². The summed E-state index contributed by atoms with van der Waals surface area (Å²) < 4.78 is 2.57. The van der Waals surface area contributed by atoms with E-state index in [1.54, 1.807) is 11.3 Å². The minimum absolute atomic E-state index is 0.191. The number of benzene rings is 1. The number of nitriles is 1. The van der Waals surface area contributed by atoms with Gasteiger partial charge in [0.05, 0.1) is 12.1 Å². The predicted octanol–water partition coefficient (Wildman–Crippen LogP) is 4.55. The van der Waals surface area contributed by atoms with Crippen LogP contribution in [0.5, 0.6) is 0 Å². The number of aryl methyl sites for hydroxylation is 1. The van der Waals surface area contributed by atoms with Gasteiger partial charge in [-0.15, -0.1) is 0 Å². The van der Waals surface area contributed by atoms with E-state index < -0.39 is 0 Å². The van der Waals surface area contributed by atoms with E-state index in [1.165, 1.54) is 35.7 Å². The van der Waals surface area contributed by atoms with Gasteiger partial charge in [0, 0.05) is 42.7 Å². The molecule has 4 rings (SSSR count). The first-order valence-electron chi connectivity index (χ1n) is 9.27. The first-order valence-corrected chi connectivity index (χ1v) is 9.27. The molecule has 0 amide bonds. The Hall–Kier alpha value is -1.79. The van der Waals surface area contributed by atoms with E-state index in [0.29, 0.717) is 12.5 Å². The minimum atomic E-state index is 0.191. The number of hydrogen-bond acceptors (Lipinski definition) is 2. The lowest BCUT2D eigenvalue weighted by Crippen LogP contribution is -2.40. The molecule has 0 saturated heterocycles. The van der Waals surface area contributed by atoms with Crippen molar-refractivity contribution in [3.63, 3.8) is 0 Å². The number of rotatable bonds is 2. The summed E-state index contributed by atoms with van der Waals surface area (Å²) in [5.41, 5.74) is 6.16. The second-order valence-electron chi connectivity index (χ2n) is 8.35. The summed E-state index contributed by atoms with van der Waals surface area (Å²) in [6, 6.07) is 9.93. The highest BCUT2D eigenvalue weighted by atomic mass is 15.2. The lowest BCUT2D eigenvalue weighted by Gasteiger charge is -2.39. The monoisotopic (exact) mass is 321 g/mol. The van der Waals surface area contributed by atoms with Crippen LogP contribution in [0.1, 0.15) is 62.9 Å². The summed E-state index contributed by atoms with van der Waals surface area (Å²) in [7, 11) is 0. The fourth-order valence-electron chi connectivity index (χ4n) is 4.60. The standard InChI is InChI=1S/C21H27N3/c1-21(2,3)15-8-9-18-17(14-15)16-6-4-7-19-20(16)24(18)13-12-23(19)11-5-10-22/h8-9,14,19H,4-7,11-13H2,1-3H3/t19-/m1/s1. The van der Waals surface area contributed by atoms with Gasteiger partial charge in [0.2, 0.25) is 0 Å². The summed E-state index contributed by atoms with van der Waals surface area (Å²) in [6.45, 7) is 9.92. The largest absolute Gasteiger partial charge is 0.342 e. The van der Waals surface area contributed by atoms with Crippen molar-refractivity contribution in [3.05, 3.63) is 35.0 Å². The van der Waals surface area contributed by atoms with Gasteiger partial charge in [-0.05, 0) is 47.9 Å². The molecule has 1 aromatic carbocycles. The Kier molecular flexibility index (Phi) is 3.69. The summed E-state index contributed by atoms with van der Waals surface area (Å²) >= 11 is 0. The smallest absolute Gasteiger partial charge is 0.0635 e. The van der Waals surface area contributed by atoms with Crippen molar-refractivity contribution in [3.8, 4) is 6.07 Å². The fraction of sp³-hybridized carbons (Fsp3) is 0.571. The lowest BCUT2D eigenvalue weighted by molar-refractivity contribution is 0.144. The maximum atomic E-state index is 8.96. The number of aromatic nitrogens is 1. The van der Waals surface area contributed by atoms with Crippen molar-refractivity contribution >= 4 is 10.9 Å². The Labute approximate surface area is 144 Å². The molecule has 1 aliphatic heterocycles. The molecular weight excluding hydrogens is 294 g/mol. The molecule has 0 unspecified atom stereocenters. The molecule has 0 saturated carbocycles. The van der Waals surface area contributed by atoms with Crippen molar-refractivity contribution in [1.82, 2.24) is 9.47 Å². The highest BCUT2D eigenvalue weighted by molar-refractivity contribution is 5.87. The normalized spacial score (nSPS) is 20.8. The van der Waals surface area contributed by atoms with E-state index in [2.05, 4.69) is 54.5 Å². The molecule has 0 radical (unpaired) electrons. The molecule has 1 aliphatic carbocycles. The van der Waals surface area contributed by atoms with Crippen LogP contribution in [0.2, 0.25) is 0 Å². The van der Waals surface area contributed by atoms with Gasteiger partial charge >= 0.3 is 0 Å². The van der Waals surface area contributed by atoms with Crippen molar-refractivity contribution in [1.29, 1.82) is 5.26 Å². The molecular formula is C21H27N3. The number of hydrogen-bond donors (Lipinski definition) is 0. The quantitative estimate of drug-likeness (QED) is 0.813. The third-order valence-electron chi connectivity index (χ3n) is 5.86. The molecule has 0 fully saturated rings. The van der Waals surface area contributed by atoms with Crippen LogP contribution in [-0.4, -0.2) is 22.6 Å². The molecule has 0 spiro atoms. The van der Waals surface area contributed by atoms with Gasteiger partial charge in [-0.25, -0.2) is 0 Å². The van der Waals surface area contributed by atoms with Crippen LogP contribution < -0.4 is 0 Å². The van der Waals surface area contributed by atoms with Crippen LogP contribution in [0.4, 0.5) is 0 Å². The molecule has 2 aliphatic rings. The van der Waals surface area contributed by atoms with E-state index in [9.17, 15) is 0 Å². The summed E-state index contributed by atoms with van der Waals surface area (Å²) in [6.07, 6.45) is 4.34. The molecule has 0 N–H and O–H groups in total. The van der Waals surface area contributed by atoms with Crippen LogP contribution in [0.3, 0.4) is 0 Å². The maximum Gasteiger partial charge on any atom is 0.0635 e. The summed E-state index contributed by atoms with van der Waals surface area (Å²) in [5, 5.41) is 10.4. The van der Waals surface area contributed by atoms with Crippen molar-refractivity contribution < 1.29 is 0 Å². The van der Waals surface area contributed by atoms with Gasteiger partial charge in [0.25, 0.3) is 0 Å². The van der Waals surface area contributed by atoms with E-state index in [-0.39, 0.29) is 5.41 Å². The Morgan fingerprint density at radius 1 is 1.25 bits per heavy atom. The highest BCUT2D eigenvalue weighted by Crippen LogP contribution is 2.43. The van der Waals surface area contributed by atoms with Crippen LogP contribution in [0, 0.1) is 11.3 Å². The zero-order chi connectivity index (χ0) is 16.9. The fourth-order valence-corrected chi connectivity index (χ4v) is 4.60. The molecule has 24 heavy (non-hydrogen) atoms. The van der Waals surface area contributed by atoms with Crippen molar-refractivity contribution in [2.24, 2.45) is 0 Å². The second kappa shape index (κ2) is 5.63. The van der Waals surface area contributed by atoms with Gasteiger partial charge in [0.15, 0.2) is 0 Å². The predicted molar refractivity (Wildman–Crippen MR) is 98.1 cm³/mol. The molecule has 3 heteroatoms. The topological polar surface area (TPSA) is 32.0 Å². The van der Waals surface area contributed by atoms with E-state index >= 15 is 0 Å². The Balaban J connectivity index is 1.85. The van der Waals surface area contributed by atoms with Gasteiger partial charge in [-0.2, -0.15) is 5.26 Å². The Bertz CT molecular complexity index is 816. The van der Waals surface area contributed by atoms with Gasteiger partial charge < -0.3 is 4.57 Å². The zero-order valence-electron chi connectivity index (χ0n) is 15.1. The van der Waals surface area contributed by atoms with Gasteiger partial charge in [-0.3, -0.25) is 4.90 Å². The summed E-state index contributed by atoms with van der Waals surface area (Å²) in [5.74, 6) is 0. The summed E-state index contributed by atoms with van der Waals surface area (Å²) in [4.78, 5) is 2.55. The number of fused-ring (bicyclic) bond motifs is 3. The van der Waals surface area contributed by atoms with Gasteiger partial charge in [0.1, 0.15) is 0 Å². The molecule has 1 atom stereocenters. The Morgan fingerprint density at radius 2 is 2.08 bits per heavy atom. The van der Waals surface area contributed by atoms with E-state index in [1.807, 2.05) is 0 Å². The average Bonchev–Trinajstić information content (AvgIpc) is 2.89. The molecule has 1 aromatic heterocycles. The average molecular weight is 321 g/mol. The molecule has 2 aromatic rings. The zero-order valence-corrected chi connectivity index (χ0v) is 15.1. The molecule has 126 valence electrons.